The number of halogens is 1. The summed E-state index contributed by atoms with van der Waals surface area (Å²) in [6.07, 6.45) is 0.306. The minimum absolute atomic E-state index is 0.0390. The van der Waals surface area contributed by atoms with E-state index in [1.807, 2.05) is 12.1 Å². The number of amides is 1. The average molecular weight is 269 g/mol. The van der Waals surface area contributed by atoms with Crippen LogP contribution in [0, 0.1) is 0 Å². The van der Waals surface area contributed by atoms with Gasteiger partial charge in [0.05, 0.1) is 5.02 Å². The first-order chi connectivity index (χ1) is 8.58. The van der Waals surface area contributed by atoms with Crippen LogP contribution in [0.3, 0.4) is 0 Å². The number of carbonyl (C=O) groups excluding carboxylic acids is 1. The van der Waals surface area contributed by atoms with Crippen molar-refractivity contribution < 1.29 is 9.53 Å². The van der Waals surface area contributed by atoms with Gasteiger partial charge in [-0.25, -0.2) is 0 Å². The Morgan fingerprint density at radius 1 is 1.56 bits per heavy atom. The van der Waals surface area contributed by atoms with Crippen molar-refractivity contribution in [1.82, 2.24) is 4.90 Å². The zero-order chi connectivity index (χ0) is 13.1. The van der Waals surface area contributed by atoms with Crippen LogP contribution in [0.1, 0.15) is 13.3 Å². The molecule has 0 aliphatic carbocycles. The van der Waals surface area contributed by atoms with Gasteiger partial charge in [0.1, 0.15) is 5.75 Å². The predicted molar refractivity (Wildman–Crippen MR) is 70.7 cm³/mol. The molecule has 0 radical (unpaired) electrons. The number of para-hydroxylation sites is 1. The van der Waals surface area contributed by atoms with Gasteiger partial charge >= 0.3 is 0 Å². The van der Waals surface area contributed by atoms with Crippen LogP contribution in [0.2, 0.25) is 5.02 Å². The molecule has 1 heterocycles. The van der Waals surface area contributed by atoms with E-state index in [0.29, 0.717) is 23.9 Å². The lowest BCUT2D eigenvalue weighted by molar-refractivity contribution is -0.136. The van der Waals surface area contributed by atoms with Gasteiger partial charge in [0.2, 0.25) is 0 Å². The fourth-order valence-corrected chi connectivity index (χ4v) is 2.21. The van der Waals surface area contributed by atoms with E-state index in [9.17, 15) is 4.79 Å². The highest BCUT2D eigenvalue weighted by atomic mass is 35.5. The molecule has 1 aliphatic rings. The van der Waals surface area contributed by atoms with Crippen LogP contribution in [0.5, 0.6) is 5.75 Å². The number of hydrogen-bond donors (Lipinski definition) is 1. The Morgan fingerprint density at radius 3 is 2.89 bits per heavy atom. The molecular weight excluding hydrogens is 252 g/mol. The maximum Gasteiger partial charge on any atom is 0.263 e. The molecule has 2 unspecified atom stereocenters. The Hall–Kier alpha value is -1.26. The van der Waals surface area contributed by atoms with E-state index in [1.54, 1.807) is 24.0 Å². The number of carbonyl (C=O) groups is 1. The third-order valence-corrected chi connectivity index (χ3v) is 3.34. The third-order valence-electron chi connectivity index (χ3n) is 3.02. The molecule has 1 fully saturated rings. The second-order valence-electron chi connectivity index (χ2n) is 4.52. The fraction of sp³-hybridized carbons (Fsp3) is 0.462. The van der Waals surface area contributed by atoms with Gasteiger partial charge in [-0.15, -0.1) is 0 Å². The number of nitrogens with zero attached hydrogens (tertiary/aromatic N) is 1. The standard InChI is InChI=1S/C13H17ClN2O2/c1-9(13(17)16-7-6-10(15)8-16)18-12-5-3-2-4-11(12)14/h2-5,9-10H,6-8,15H2,1H3. The third kappa shape index (κ3) is 2.94. The van der Waals surface area contributed by atoms with E-state index in [1.165, 1.54) is 0 Å². The summed E-state index contributed by atoms with van der Waals surface area (Å²) in [5.41, 5.74) is 5.78. The minimum atomic E-state index is -0.546. The van der Waals surface area contributed by atoms with Gasteiger partial charge in [-0.2, -0.15) is 0 Å². The first kappa shape index (κ1) is 13.2. The Labute approximate surface area is 112 Å². The summed E-state index contributed by atoms with van der Waals surface area (Å²) >= 11 is 5.99. The summed E-state index contributed by atoms with van der Waals surface area (Å²) < 4.78 is 5.59. The largest absolute Gasteiger partial charge is 0.479 e. The molecule has 2 rings (SSSR count). The van der Waals surface area contributed by atoms with Gasteiger partial charge in [0, 0.05) is 19.1 Å². The number of nitrogens with two attached hydrogens (primary N) is 1. The molecule has 1 aromatic carbocycles. The molecule has 0 bridgehead atoms. The molecule has 2 atom stereocenters. The van der Waals surface area contributed by atoms with Crippen molar-refractivity contribution in [2.24, 2.45) is 5.73 Å². The zero-order valence-electron chi connectivity index (χ0n) is 10.3. The van der Waals surface area contributed by atoms with E-state index in [4.69, 9.17) is 22.1 Å². The van der Waals surface area contributed by atoms with Crippen molar-refractivity contribution >= 4 is 17.5 Å². The first-order valence-electron chi connectivity index (χ1n) is 6.03. The van der Waals surface area contributed by atoms with Crippen LogP contribution >= 0.6 is 11.6 Å². The normalized spacial score (nSPS) is 20.8. The van der Waals surface area contributed by atoms with Gasteiger partial charge in [-0.1, -0.05) is 23.7 Å². The Morgan fingerprint density at radius 2 is 2.28 bits per heavy atom. The van der Waals surface area contributed by atoms with E-state index < -0.39 is 6.10 Å². The van der Waals surface area contributed by atoms with Crippen LogP contribution < -0.4 is 10.5 Å². The van der Waals surface area contributed by atoms with Crippen molar-refractivity contribution in [2.45, 2.75) is 25.5 Å². The zero-order valence-corrected chi connectivity index (χ0v) is 11.1. The lowest BCUT2D eigenvalue weighted by Gasteiger charge is -2.21. The van der Waals surface area contributed by atoms with Gasteiger partial charge in [-0.3, -0.25) is 4.79 Å². The molecule has 0 saturated carbocycles. The van der Waals surface area contributed by atoms with Crippen molar-refractivity contribution in [3.63, 3.8) is 0 Å². The number of benzene rings is 1. The van der Waals surface area contributed by atoms with Crippen LogP contribution in [-0.2, 0) is 4.79 Å². The van der Waals surface area contributed by atoms with E-state index in [-0.39, 0.29) is 11.9 Å². The van der Waals surface area contributed by atoms with Gasteiger partial charge in [-0.05, 0) is 25.5 Å². The molecule has 98 valence electrons. The predicted octanol–water partition coefficient (Wildman–Crippen LogP) is 1.67. The van der Waals surface area contributed by atoms with Gasteiger partial charge < -0.3 is 15.4 Å². The number of rotatable bonds is 3. The summed E-state index contributed by atoms with van der Waals surface area (Å²) in [4.78, 5) is 13.9. The molecule has 1 saturated heterocycles. The number of hydrogen-bond acceptors (Lipinski definition) is 3. The minimum Gasteiger partial charge on any atom is -0.479 e. The molecular formula is C13H17ClN2O2. The van der Waals surface area contributed by atoms with E-state index >= 15 is 0 Å². The van der Waals surface area contributed by atoms with Crippen molar-refractivity contribution in [3.05, 3.63) is 29.3 Å². The van der Waals surface area contributed by atoms with Crippen LogP contribution in [0.15, 0.2) is 24.3 Å². The monoisotopic (exact) mass is 268 g/mol. The Bertz CT molecular complexity index is 439. The Balaban J connectivity index is 1.98. The van der Waals surface area contributed by atoms with E-state index in [2.05, 4.69) is 0 Å². The maximum atomic E-state index is 12.1. The fourth-order valence-electron chi connectivity index (χ4n) is 2.03. The topological polar surface area (TPSA) is 55.6 Å². The number of likely N-dealkylation sites (tertiary alicyclic amines) is 1. The van der Waals surface area contributed by atoms with Crippen molar-refractivity contribution in [2.75, 3.05) is 13.1 Å². The Kier molecular flexibility index (Phi) is 4.09. The SMILES string of the molecule is CC(Oc1ccccc1Cl)C(=O)N1CCC(N)C1. The lowest BCUT2D eigenvalue weighted by Crippen LogP contribution is -2.40. The molecule has 18 heavy (non-hydrogen) atoms. The first-order valence-corrected chi connectivity index (χ1v) is 6.41. The summed E-state index contributed by atoms with van der Waals surface area (Å²) in [6, 6.07) is 7.22. The molecule has 2 N–H and O–H groups in total. The molecule has 1 aromatic rings. The average Bonchev–Trinajstić information content (AvgIpc) is 2.78. The summed E-state index contributed by atoms with van der Waals surface area (Å²) in [5, 5.41) is 0.510. The smallest absolute Gasteiger partial charge is 0.263 e. The highest BCUT2D eigenvalue weighted by molar-refractivity contribution is 6.32. The highest BCUT2D eigenvalue weighted by Crippen LogP contribution is 2.24. The molecule has 1 aliphatic heterocycles. The second kappa shape index (κ2) is 5.59. The maximum absolute atomic E-state index is 12.1. The second-order valence-corrected chi connectivity index (χ2v) is 4.93. The molecule has 0 spiro atoms. The molecule has 0 aromatic heterocycles. The van der Waals surface area contributed by atoms with Gasteiger partial charge in [0.25, 0.3) is 5.91 Å². The summed E-state index contributed by atoms with van der Waals surface area (Å²) in [6.45, 7) is 3.04. The lowest BCUT2D eigenvalue weighted by atomic mass is 10.3. The molecule has 4 nitrogen and oxygen atoms in total. The summed E-state index contributed by atoms with van der Waals surface area (Å²) in [5.74, 6) is 0.492. The van der Waals surface area contributed by atoms with Crippen molar-refractivity contribution in [1.29, 1.82) is 0 Å². The van der Waals surface area contributed by atoms with Crippen LogP contribution in [0.25, 0.3) is 0 Å². The molecule has 1 amide bonds. The quantitative estimate of drug-likeness (QED) is 0.907. The molecule has 5 heteroatoms. The van der Waals surface area contributed by atoms with E-state index in [0.717, 1.165) is 6.42 Å². The van der Waals surface area contributed by atoms with Crippen LogP contribution in [0.4, 0.5) is 0 Å². The highest BCUT2D eigenvalue weighted by Gasteiger charge is 2.28. The van der Waals surface area contributed by atoms with Crippen molar-refractivity contribution in [3.8, 4) is 5.75 Å². The van der Waals surface area contributed by atoms with Gasteiger partial charge in [0.15, 0.2) is 6.10 Å². The number of ether oxygens (including phenoxy) is 1. The van der Waals surface area contributed by atoms with Crippen LogP contribution in [-0.4, -0.2) is 36.0 Å². The summed E-state index contributed by atoms with van der Waals surface area (Å²) in [7, 11) is 0.